The number of carbonyl (C=O) groups is 1. The number of amides is 1. The van der Waals surface area contributed by atoms with Gasteiger partial charge in [0.15, 0.2) is 4.77 Å². The molecule has 0 spiro atoms. The molecule has 0 saturated heterocycles. The fourth-order valence-electron chi connectivity index (χ4n) is 2.77. The van der Waals surface area contributed by atoms with Gasteiger partial charge in [-0.1, -0.05) is 6.07 Å². The van der Waals surface area contributed by atoms with Crippen molar-refractivity contribution >= 4 is 46.6 Å². The Hall–Kier alpha value is -2.97. The van der Waals surface area contributed by atoms with Crippen LogP contribution < -0.4 is 5.32 Å². The average Bonchev–Trinajstić information content (AvgIpc) is 3.07. The van der Waals surface area contributed by atoms with Crippen molar-refractivity contribution in [2.75, 3.05) is 5.32 Å². The number of hydrogen-bond acceptors (Lipinski definition) is 4. The third-order valence-electron chi connectivity index (χ3n) is 4.07. The topological polar surface area (TPSA) is 73.6 Å². The molecule has 0 atom stereocenters. The summed E-state index contributed by atoms with van der Waals surface area (Å²) in [6.45, 7) is 0. The van der Waals surface area contributed by atoms with Crippen LogP contribution in [0.25, 0.3) is 11.0 Å². The maximum absolute atomic E-state index is 13.8. The van der Waals surface area contributed by atoms with Gasteiger partial charge in [0.25, 0.3) is 5.91 Å². The highest BCUT2D eigenvalue weighted by Gasteiger charge is 2.14. The van der Waals surface area contributed by atoms with Crippen LogP contribution in [0.5, 0.6) is 0 Å². The number of nitrogens with one attached hydrogen (secondary N) is 3. The molecule has 0 aliphatic carbocycles. The van der Waals surface area contributed by atoms with E-state index in [1.54, 1.807) is 18.0 Å². The van der Waals surface area contributed by atoms with Crippen molar-refractivity contribution in [1.82, 2.24) is 15.0 Å². The summed E-state index contributed by atoms with van der Waals surface area (Å²) in [5.41, 5.74) is 2.90. The summed E-state index contributed by atoms with van der Waals surface area (Å²) in [5, 5.41) is 2.80. The monoisotopic (exact) mass is 410 g/mol. The molecule has 2 aromatic carbocycles. The third-order valence-corrected chi connectivity index (χ3v) is 5.36. The summed E-state index contributed by atoms with van der Waals surface area (Å²) in [6.07, 6.45) is 3.59. The molecule has 0 fully saturated rings. The lowest BCUT2D eigenvalue weighted by Crippen LogP contribution is -2.12. The second-order valence-corrected chi connectivity index (χ2v) is 7.54. The predicted molar refractivity (Wildman–Crippen MR) is 112 cm³/mol. The smallest absolute Gasteiger partial charge is 0.257 e. The molecule has 0 unspecified atom stereocenters. The first kappa shape index (κ1) is 18.4. The highest BCUT2D eigenvalue weighted by atomic mass is 32.2. The quantitative estimate of drug-likeness (QED) is 0.308. The zero-order valence-electron chi connectivity index (χ0n) is 14.5. The second kappa shape index (κ2) is 7.95. The van der Waals surface area contributed by atoms with Gasteiger partial charge in [-0.15, -0.1) is 11.8 Å². The number of fused-ring (bicyclic) bond motifs is 1. The molecule has 2 heterocycles. The van der Waals surface area contributed by atoms with E-state index in [2.05, 4.69) is 20.3 Å². The number of nitrogens with zero attached hydrogens (tertiary/aromatic N) is 1. The van der Waals surface area contributed by atoms with E-state index >= 15 is 0 Å². The van der Waals surface area contributed by atoms with Gasteiger partial charge in [0.2, 0.25) is 0 Å². The van der Waals surface area contributed by atoms with E-state index in [9.17, 15) is 9.18 Å². The van der Waals surface area contributed by atoms with Crippen LogP contribution in [0.2, 0.25) is 0 Å². The van der Waals surface area contributed by atoms with E-state index in [0.29, 0.717) is 21.5 Å². The number of anilines is 1. The lowest BCUT2D eigenvalue weighted by atomic mass is 10.1. The molecule has 28 heavy (non-hydrogen) atoms. The Morgan fingerprint density at radius 2 is 2.00 bits per heavy atom. The number of pyridine rings is 1. The van der Waals surface area contributed by atoms with Crippen LogP contribution in [-0.4, -0.2) is 20.9 Å². The number of H-pyrrole nitrogens is 2. The van der Waals surface area contributed by atoms with Crippen molar-refractivity contribution in [1.29, 1.82) is 0 Å². The van der Waals surface area contributed by atoms with E-state index in [0.717, 1.165) is 16.2 Å². The largest absolute Gasteiger partial charge is 0.331 e. The molecular weight excluding hydrogens is 395 g/mol. The van der Waals surface area contributed by atoms with Gasteiger partial charge >= 0.3 is 0 Å². The fourth-order valence-corrected chi connectivity index (χ4v) is 3.81. The Morgan fingerprint density at radius 3 is 2.75 bits per heavy atom. The molecule has 0 aliphatic heterocycles. The first-order valence-electron chi connectivity index (χ1n) is 8.43. The van der Waals surface area contributed by atoms with Crippen LogP contribution in [0.4, 0.5) is 10.1 Å². The summed E-state index contributed by atoms with van der Waals surface area (Å²) < 4.78 is 14.2. The number of benzene rings is 2. The number of imidazole rings is 1. The minimum Gasteiger partial charge on any atom is -0.331 e. The molecule has 0 aliphatic rings. The van der Waals surface area contributed by atoms with Gasteiger partial charge in [-0.05, 0) is 60.2 Å². The molecule has 140 valence electrons. The lowest BCUT2D eigenvalue weighted by Gasteiger charge is -2.08. The molecule has 5 nitrogen and oxygen atoms in total. The number of aromatic amines is 2. The molecule has 3 N–H and O–H groups in total. The third kappa shape index (κ3) is 4.13. The maximum atomic E-state index is 13.8. The van der Waals surface area contributed by atoms with E-state index in [1.807, 2.05) is 42.6 Å². The molecule has 4 aromatic rings. The number of aromatic nitrogens is 3. The first-order chi connectivity index (χ1) is 13.6. The van der Waals surface area contributed by atoms with E-state index < -0.39 is 11.7 Å². The van der Waals surface area contributed by atoms with Gasteiger partial charge in [-0.25, -0.2) is 4.39 Å². The minimum atomic E-state index is -0.509. The molecule has 4 rings (SSSR count). The standard InChI is InChI=1S/C20H15FN4OS2/c21-13-8-16(18-17(9-13)24-20(27)25-18)19(26)23-14-3-5-15(6-4-14)28-11-12-2-1-7-22-10-12/h1-10H,11H2,(H,23,26)(H2,24,25,27). The van der Waals surface area contributed by atoms with Gasteiger partial charge in [0.05, 0.1) is 16.6 Å². The Labute approximate surface area is 169 Å². The van der Waals surface area contributed by atoms with Crippen molar-refractivity contribution in [2.45, 2.75) is 10.6 Å². The lowest BCUT2D eigenvalue weighted by molar-refractivity contribution is 0.102. The Bertz CT molecular complexity index is 1190. The Balaban J connectivity index is 1.47. The highest BCUT2D eigenvalue weighted by Crippen LogP contribution is 2.25. The van der Waals surface area contributed by atoms with Crippen LogP contribution >= 0.6 is 24.0 Å². The average molecular weight is 410 g/mol. The first-order valence-corrected chi connectivity index (χ1v) is 9.82. The molecule has 2 aromatic heterocycles. The van der Waals surface area contributed by atoms with Crippen molar-refractivity contribution in [3.05, 3.63) is 82.6 Å². The van der Waals surface area contributed by atoms with E-state index in [1.165, 1.54) is 12.1 Å². The Morgan fingerprint density at radius 1 is 1.18 bits per heavy atom. The van der Waals surface area contributed by atoms with Gasteiger partial charge in [0, 0.05) is 28.7 Å². The van der Waals surface area contributed by atoms with Crippen LogP contribution in [0.1, 0.15) is 15.9 Å². The predicted octanol–water partition coefficient (Wildman–Crippen LogP) is 5.30. The van der Waals surface area contributed by atoms with Gasteiger partial charge in [-0.3, -0.25) is 9.78 Å². The van der Waals surface area contributed by atoms with Gasteiger partial charge in [0.1, 0.15) is 5.82 Å². The summed E-state index contributed by atoms with van der Waals surface area (Å²) in [4.78, 5) is 23.5. The van der Waals surface area contributed by atoms with Crippen molar-refractivity contribution in [2.24, 2.45) is 0 Å². The van der Waals surface area contributed by atoms with Crippen molar-refractivity contribution in [3.63, 3.8) is 0 Å². The van der Waals surface area contributed by atoms with Crippen LogP contribution in [0, 0.1) is 10.6 Å². The van der Waals surface area contributed by atoms with Crippen molar-refractivity contribution < 1.29 is 9.18 Å². The maximum Gasteiger partial charge on any atom is 0.257 e. The Kier molecular flexibility index (Phi) is 5.23. The fraction of sp³-hybridized carbons (Fsp3) is 0.0500. The molecule has 1 amide bonds. The van der Waals surface area contributed by atoms with Crippen LogP contribution in [-0.2, 0) is 5.75 Å². The molecule has 0 bridgehead atoms. The molecular formula is C20H15FN4OS2. The number of thioether (sulfide) groups is 1. The van der Waals surface area contributed by atoms with Crippen LogP contribution in [0.15, 0.2) is 65.8 Å². The zero-order chi connectivity index (χ0) is 19.5. The van der Waals surface area contributed by atoms with Gasteiger partial charge < -0.3 is 15.3 Å². The number of hydrogen-bond donors (Lipinski definition) is 3. The van der Waals surface area contributed by atoms with Gasteiger partial charge in [-0.2, -0.15) is 0 Å². The highest BCUT2D eigenvalue weighted by molar-refractivity contribution is 7.98. The second-order valence-electron chi connectivity index (χ2n) is 6.08. The number of carbonyl (C=O) groups excluding carboxylic acids is 1. The normalized spacial score (nSPS) is 10.9. The SMILES string of the molecule is O=C(Nc1ccc(SCc2cccnc2)cc1)c1cc(F)cc2[nH]c(=S)[nH]c12. The molecule has 0 saturated carbocycles. The summed E-state index contributed by atoms with van der Waals surface area (Å²) in [7, 11) is 0. The number of rotatable bonds is 5. The summed E-state index contributed by atoms with van der Waals surface area (Å²) in [5.74, 6) is -0.108. The van der Waals surface area contributed by atoms with Crippen molar-refractivity contribution in [3.8, 4) is 0 Å². The number of halogens is 1. The zero-order valence-corrected chi connectivity index (χ0v) is 16.2. The summed E-state index contributed by atoms with van der Waals surface area (Å²) >= 11 is 6.72. The molecule has 8 heteroatoms. The summed E-state index contributed by atoms with van der Waals surface area (Å²) in [6, 6.07) is 13.9. The van der Waals surface area contributed by atoms with E-state index in [4.69, 9.17) is 12.2 Å². The van der Waals surface area contributed by atoms with Crippen LogP contribution in [0.3, 0.4) is 0 Å². The molecule has 0 radical (unpaired) electrons. The minimum absolute atomic E-state index is 0.192. The van der Waals surface area contributed by atoms with E-state index in [-0.39, 0.29) is 5.56 Å².